The molecule has 0 saturated heterocycles. The maximum atomic E-state index is 11.8. The van der Waals surface area contributed by atoms with E-state index < -0.39 is 5.97 Å². The number of halogens is 1. The van der Waals surface area contributed by atoms with Crippen LogP contribution in [0, 0.1) is 5.92 Å². The van der Waals surface area contributed by atoms with Crippen LogP contribution in [0.3, 0.4) is 0 Å². The molecule has 0 aromatic heterocycles. The lowest BCUT2D eigenvalue weighted by Gasteiger charge is -2.10. The zero-order valence-corrected chi connectivity index (χ0v) is 13.7. The number of hydrogen-bond donors (Lipinski definition) is 0. The SMILES string of the molecule is CCOC(=O)/C(=C/c1cccc(OCC2CC2)c1Br)N=[N+]=[N-]. The highest BCUT2D eigenvalue weighted by molar-refractivity contribution is 9.10. The molecule has 7 heteroatoms. The van der Waals surface area contributed by atoms with Gasteiger partial charge >= 0.3 is 5.97 Å². The number of carbonyl (C=O) groups is 1. The van der Waals surface area contributed by atoms with E-state index in [1.54, 1.807) is 13.0 Å². The molecule has 1 aromatic carbocycles. The van der Waals surface area contributed by atoms with Gasteiger partial charge in [-0.15, -0.1) is 0 Å². The Kier molecular flexibility index (Phi) is 5.86. The van der Waals surface area contributed by atoms with Crippen molar-refractivity contribution in [1.29, 1.82) is 0 Å². The first-order chi connectivity index (χ1) is 10.7. The Bertz CT molecular complexity index is 635. The summed E-state index contributed by atoms with van der Waals surface area (Å²) in [7, 11) is 0. The summed E-state index contributed by atoms with van der Waals surface area (Å²) in [5.41, 5.74) is 9.17. The molecule has 0 bridgehead atoms. The summed E-state index contributed by atoms with van der Waals surface area (Å²) < 4.78 is 11.3. The summed E-state index contributed by atoms with van der Waals surface area (Å²) in [6.07, 6.45) is 3.90. The molecular weight excluding hydrogens is 350 g/mol. The Balaban J connectivity index is 2.24. The smallest absolute Gasteiger partial charge is 0.340 e. The number of benzene rings is 1. The fourth-order valence-corrected chi connectivity index (χ4v) is 2.27. The number of nitrogens with zero attached hydrogens (tertiary/aromatic N) is 3. The maximum Gasteiger partial charge on any atom is 0.340 e. The molecule has 2 rings (SSSR count). The third kappa shape index (κ3) is 4.51. The molecule has 1 saturated carbocycles. The predicted octanol–water partition coefficient (Wildman–Crippen LogP) is 4.45. The lowest BCUT2D eigenvalue weighted by atomic mass is 10.2. The van der Waals surface area contributed by atoms with Crippen LogP contribution in [0.5, 0.6) is 5.75 Å². The molecule has 0 heterocycles. The van der Waals surface area contributed by atoms with Crippen molar-refractivity contribution in [2.24, 2.45) is 11.0 Å². The van der Waals surface area contributed by atoms with E-state index in [9.17, 15) is 4.79 Å². The van der Waals surface area contributed by atoms with Gasteiger partial charge in [-0.25, -0.2) is 4.79 Å². The first-order valence-corrected chi connectivity index (χ1v) is 7.80. The highest BCUT2D eigenvalue weighted by atomic mass is 79.9. The van der Waals surface area contributed by atoms with Crippen molar-refractivity contribution in [2.75, 3.05) is 13.2 Å². The first-order valence-electron chi connectivity index (χ1n) is 7.01. The van der Waals surface area contributed by atoms with Crippen molar-refractivity contribution in [1.82, 2.24) is 0 Å². The van der Waals surface area contributed by atoms with E-state index in [1.807, 2.05) is 12.1 Å². The van der Waals surface area contributed by atoms with Crippen LogP contribution in [-0.4, -0.2) is 19.2 Å². The fraction of sp³-hybridized carbons (Fsp3) is 0.400. The van der Waals surface area contributed by atoms with E-state index in [0.29, 0.717) is 28.3 Å². The average Bonchev–Trinajstić information content (AvgIpc) is 3.32. The van der Waals surface area contributed by atoms with Crippen LogP contribution in [0.2, 0.25) is 0 Å². The fourth-order valence-electron chi connectivity index (χ4n) is 1.77. The van der Waals surface area contributed by atoms with Gasteiger partial charge in [0, 0.05) is 4.91 Å². The van der Waals surface area contributed by atoms with Crippen molar-refractivity contribution in [3.05, 3.63) is 44.4 Å². The lowest BCUT2D eigenvalue weighted by Crippen LogP contribution is -2.05. The molecule has 1 fully saturated rings. The van der Waals surface area contributed by atoms with Gasteiger partial charge in [0.1, 0.15) is 11.4 Å². The number of hydrogen-bond acceptors (Lipinski definition) is 4. The molecule has 1 aromatic rings. The Morgan fingerprint density at radius 3 is 2.95 bits per heavy atom. The second kappa shape index (κ2) is 7.87. The topological polar surface area (TPSA) is 84.3 Å². The highest BCUT2D eigenvalue weighted by Gasteiger charge is 2.22. The van der Waals surface area contributed by atoms with Gasteiger partial charge in [0.25, 0.3) is 0 Å². The zero-order chi connectivity index (χ0) is 15.9. The normalized spacial score (nSPS) is 14.2. The van der Waals surface area contributed by atoms with Crippen LogP contribution in [-0.2, 0) is 9.53 Å². The van der Waals surface area contributed by atoms with Crippen LogP contribution in [0.25, 0.3) is 16.5 Å². The van der Waals surface area contributed by atoms with Gasteiger partial charge in [0.2, 0.25) is 0 Å². The van der Waals surface area contributed by atoms with E-state index >= 15 is 0 Å². The molecule has 0 radical (unpaired) electrons. The molecule has 1 aliphatic carbocycles. The van der Waals surface area contributed by atoms with Gasteiger partial charge in [-0.2, -0.15) is 0 Å². The Morgan fingerprint density at radius 1 is 1.55 bits per heavy atom. The van der Waals surface area contributed by atoms with E-state index in [-0.39, 0.29) is 12.3 Å². The van der Waals surface area contributed by atoms with Gasteiger partial charge in [-0.1, -0.05) is 17.2 Å². The monoisotopic (exact) mass is 365 g/mol. The van der Waals surface area contributed by atoms with E-state index in [1.165, 1.54) is 18.9 Å². The Labute approximate surface area is 136 Å². The summed E-state index contributed by atoms with van der Waals surface area (Å²) in [5.74, 6) is 0.686. The van der Waals surface area contributed by atoms with Gasteiger partial charge in [-0.05, 0) is 64.9 Å². The van der Waals surface area contributed by atoms with Crippen LogP contribution >= 0.6 is 15.9 Å². The molecule has 0 unspecified atom stereocenters. The number of azide groups is 1. The molecule has 116 valence electrons. The van der Waals surface area contributed by atoms with Crippen LogP contribution in [0.15, 0.2) is 33.5 Å². The van der Waals surface area contributed by atoms with Crippen molar-refractivity contribution in [2.45, 2.75) is 19.8 Å². The van der Waals surface area contributed by atoms with Gasteiger partial charge in [0.05, 0.1) is 17.7 Å². The quantitative estimate of drug-likeness (QED) is 0.235. The zero-order valence-electron chi connectivity index (χ0n) is 12.2. The molecular formula is C15H16BrN3O3. The number of esters is 1. The summed E-state index contributed by atoms with van der Waals surface area (Å²) >= 11 is 3.46. The summed E-state index contributed by atoms with van der Waals surface area (Å²) in [6.45, 7) is 2.59. The van der Waals surface area contributed by atoms with E-state index in [4.69, 9.17) is 15.0 Å². The minimum atomic E-state index is -0.656. The van der Waals surface area contributed by atoms with Crippen molar-refractivity contribution >= 4 is 28.0 Å². The van der Waals surface area contributed by atoms with E-state index in [0.717, 1.165) is 0 Å². The van der Waals surface area contributed by atoms with Crippen molar-refractivity contribution in [3.63, 3.8) is 0 Å². The molecule has 0 atom stereocenters. The predicted molar refractivity (Wildman–Crippen MR) is 86.1 cm³/mol. The number of rotatable bonds is 7. The highest BCUT2D eigenvalue weighted by Crippen LogP contribution is 2.34. The summed E-state index contributed by atoms with van der Waals surface area (Å²) in [5, 5.41) is 3.40. The van der Waals surface area contributed by atoms with Gasteiger partial charge in [0.15, 0.2) is 0 Å². The van der Waals surface area contributed by atoms with Crippen molar-refractivity contribution in [3.8, 4) is 5.75 Å². The largest absolute Gasteiger partial charge is 0.492 e. The number of ether oxygens (including phenoxy) is 2. The van der Waals surface area contributed by atoms with Crippen LogP contribution in [0.1, 0.15) is 25.3 Å². The molecule has 0 aliphatic heterocycles. The average molecular weight is 366 g/mol. The molecule has 0 amide bonds. The first kappa shape index (κ1) is 16.4. The second-order valence-electron chi connectivity index (χ2n) is 4.85. The number of carbonyl (C=O) groups excluding carboxylic acids is 1. The van der Waals surface area contributed by atoms with Crippen LogP contribution in [0.4, 0.5) is 0 Å². The molecule has 0 N–H and O–H groups in total. The van der Waals surface area contributed by atoms with Crippen LogP contribution < -0.4 is 4.74 Å². The minimum absolute atomic E-state index is 0.0932. The molecule has 0 spiro atoms. The molecule has 1 aliphatic rings. The van der Waals surface area contributed by atoms with Gasteiger partial charge in [-0.3, -0.25) is 0 Å². The third-order valence-corrected chi connectivity index (χ3v) is 3.94. The minimum Gasteiger partial charge on any atom is -0.492 e. The summed E-state index contributed by atoms with van der Waals surface area (Å²) in [6, 6.07) is 5.46. The molecule has 6 nitrogen and oxygen atoms in total. The van der Waals surface area contributed by atoms with Gasteiger partial charge < -0.3 is 9.47 Å². The standard InChI is InChI=1S/C15H16BrN3O3/c1-2-21-15(20)12(18-19-17)8-11-4-3-5-13(14(11)16)22-9-10-6-7-10/h3-5,8,10H,2,6-7,9H2,1H3/b12-8-. The second-order valence-corrected chi connectivity index (χ2v) is 5.65. The Morgan fingerprint density at radius 2 is 2.32 bits per heavy atom. The molecule has 22 heavy (non-hydrogen) atoms. The summed E-state index contributed by atoms with van der Waals surface area (Å²) in [4.78, 5) is 14.4. The van der Waals surface area contributed by atoms with E-state index in [2.05, 4.69) is 26.0 Å². The maximum absolute atomic E-state index is 11.8. The third-order valence-electron chi connectivity index (χ3n) is 3.09. The lowest BCUT2D eigenvalue weighted by molar-refractivity contribution is -0.138. The Hall–Kier alpha value is -1.98. The van der Waals surface area contributed by atoms with Crippen molar-refractivity contribution < 1.29 is 14.3 Å².